The molecule has 1 aliphatic heterocycles. The summed E-state index contributed by atoms with van der Waals surface area (Å²) in [5, 5.41) is 0. The number of rotatable bonds is 2. The van der Waals surface area contributed by atoms with Crippen molar-refractivity contribution in [3.63, 3.8) is 0 Å². The fourth-order valence-electron chi connectivity index (χ4n) is 2.15. The molecule has 1 amide bonds. The molecule has 2 rings (SSSR count). The van der Waals surface area contributed by atoms with Gasteiger partial charge < -0.3 is 9.47 Å². The van der Waals surface area contributed by atoms with Crippen molar-refractivity contribution in [2.24, 2.45) is 11.8 Å². The minimum absolute atomic E-state index is 0.317. The van der Waals surface area contributed by atoms with Gasteiger partial charge >= 0.3 is 6.09 Å². The highest BCUT2D eigenvalue weighted by molar-refractivity contribution is 5.69. The van der Waals surface area contributed by atoms with Gasteiger partial charge in [-0.1, -0.05) is 0 Å². The highest BCUT2D eigenvalue weighted by Crippen LogP contribution is 2.49. The number of likely N-dealkylation sites (tertiary alicyclic amines) is 1. The van der Waals surface area contributed by atoms with Crippen molar-refractivity contribution >= 4 is 12.6 Å². The quantitative estimate of drug-likeness (QED) is 0.668. The first-order valence-electron chi connectivity index (χ1n) is 5.51. The van der Waals surface area contributed by atoms with E-state index in [2.05, 4.69) is 0 Å². The average Bonchev–Trinajstić information content (AvgIpc) is 2.81. The summed E-state index contributed by atoms with van der Waals surface area (Å²) in [6.45, 7) is 6.49. The van der Waals surface area contributed by atoms with Gasteiger partial charge in [0.2, 0.25) is 0 Å². The minimum atomic E-state index is -0.518. The van der Waals surface area contributed by atoms with Gasteiger partial charge in [0.15, 0.2) is 6.23 Å². The smallest absolute Gasteiger partial charge is 0.413 e. The topological polar surface area (TPSA) is 55.8 Å². The first-order chi connectivity index (χ1) is 7.42. The van der Waals surface area contributed by atoms with Crippen LogP contribution < -0.4 is 0 Å². The van der Waals surface area contributed by atoms with Gasteiger partial charge in [-0.2, -0.15) is 0 Å². The molecule has 5 heteroatoms. The molecule has 90 valence electrons. The molecule has 0 spiro atoms. The normalized spacial score (nSPS) is 31.9. The van der Waals surface area contributed by atoms with Crippen molar-refractivity contribution in [1.29, 1.82) is 0 Å². The highest BCUT2D eigenvalue weighted by Gasteiger charge is 2.56. The molecular weight excluding hydrogens is 210 g/mol. The van der Waals surface area contributed by atoms with Crippen molar-refractivity contribution in [2.45, 2.75) is 39.0 Å². The lowest BCUT2D eigenvalue weighted by Gasteiger charge is -2.29. The summed E-state index contributed by atoms with van der Waals surface area (Å²) in [5.74, 6) is 0.801. The van der Waals surface area contributed by atoms with E-state index in [1.807, 2.05) is 20.8 Å². The number of hydrogen-bond donors (Lipinski definition) is 0. The molecule has 0 aromatic heterocycles. The van der Waals surface area contributed by atoms with Gasteiger partial charge in [0.05, 0.1) is 0 Å². The third kappa shape index (κ3) is 2.13. The molecule has 0 radical (unpaired) electrons. The molecule has 1 saturated carbocycles. The zero-order valence-electron chi connectivity index (χ0n) is 9.80. The summed E-state index contributed by atoms with van der Waals surface area (Å²) >= 11 is 0. The van der Waals surface area contributed by atoms with Crippen LogP contribution in [0.25, 0.3) is 0 Å². The van der Waals surface area contributed by atoms with Crippen LogP contribution in [0.4, 0.5) is 4.79 Å². The van der Waals surface area contributed by atoms with Crippen molar-refractivity contribution < 1.29 is 19.1 Å². The Morgan fingerprint density at radius 1 is 1.44 bits per heavy atom. The zero-order chi connectivity index (χ0) is 11.9. The van der Waals surface area contributed by atoms with E-state index >= 15 is 0 Å². The van der Waals surface area contributed by atoms with Crippen LogP contribution in [0.2, 0.25) is 0 Å². The number of nitrogens with zero attached hydrogens (tertiary/aromatic N) is 1. The first kappa shape index (κ1) is 11.2. The van der Waals surface area contributed by atoms with Crippen molar-refractivity contribution in [3.05, 3.63) is 0 Å². The summed E-state index contributed by atoms with van der Waals surface area (Å²) in [6.07, 6.45) is 0.224. The number of carbonyl (C=O) groups excluding carboxylic acids is 2. The monoisotopic (exact) mass is 227 g/mol. The number of piperidine rings is 1. The van der Waals surface area contributed by atoms with Crippen LogP contribution >= 0.6 is 0 Å². The van der Waals surface area contributed by atoms with E-state index in [9.17, 15) is 9.59 Å². The molecule has 5 nitrogen and oxygen atoms in total. The second-order valence-corrected chi connectivity index (χ2v) is 5.42. The summed E-state index contributed by atoms with van der Waals surface area (Å²) in [4.78, 5) is 23.7. The number of amides is 1. The molecular formula is C11H17NO4. The van der Waals surface area contributed by atoms with E-state index < -0.39 is 17.9 Å². The van der Waals surface area contributed by atoms with Crippen LogP contribution in [0.5, 0.6) is 0 Å². The maximum absolute atomic E-state index is 11.8. The van der Waals surface area contributed by atoms with Crippen molar-refractivity contribution in [2.75, 3.05) is 6.54 Å². The first-order valence-corrected chi connectivity index (χ1v) is 5.51. The van der Waals surface area contributed by atoms with Crippen molar-refractivity contribution in [3.8, 4) is 0 Å². The summed E-state index contributed by atoms with van der Waals surface area (Å²) in [6, 6.07) is 0. The maximum Gasteiger partial charge on any atom is 0.413 e. The Balaban J connectivity index is 1.98. The van der Waals surface area contributed by atoms with Gasteiger partial charge in [-0.15, -0.1) is 0 Å². The van der Waals surface area contributed by atoms with E-state index in [0.717, 1.165) is 6.42 Å². The van der Waals surface area contributed by atoms with Crippen LogP contribution in [0, 0.1) is 11.8 Å². The van der Waals surface area contributed by atoms with E-state index in [1.54, 1.807) is 0 Å². The second kappa shape index (κ2) is 3.64. The van der Waals surface area contributed by atoms with E-state index in [4.69, 9.17) is 9.47 Å². The highest BCUT2D eigenvalue weighted by atomic mass is 16.6. The van der Waals surface area contributed by atoms with Crippen LogP contribution in [-0.4, -0.2) is 35.8 Å². The predicted octanol–water partition coefficient (Wildman–Crippen LogP) is 1.37. The van der Waals surface area contributed by atoms with Gasteiger partial charge in [-0.05, 0) is 33.1 Å². The Hall–Kier alpha value is -1.26. The molecule has 0 N–H and O–H groups in total. The van der Waals surface area contributed by atoms with Gasteiger partial charge in [0, 0.05) is 12.5 Å². The standard InChI is InChI=1S/C11H17NO4/c1-11(2,3)16-10(14)12-5-7-4-8(7)9(12)15-6-13/h6-9H,4-5H2,1-3H3/t7-,8-,9-/m0/s1. The fourth-order valence-corrected chi connectivity index (χ4v) is 2.15. The molecule has 2 fully saturated rings. The number of carbonyl (C=O) groups is 2. The van der Waals surface area contributed by atoms with Crippen LogP contribution in [-0.2, 0) is 14.3 Å². The third-order valence-corrected chi connectivity index (χ3v) is 2.90. The molecule has 2 aliphatic rings. The number of fused-ring (bicyclic) bond motifs is 1. The predicted molar refractivity (Wildman–Crippen MR) is 55.5 cm³/mol. The second-order valence-electron chi connectivity index (χ2n) is 5.42. The third-order valence-electron chi connectivity index (χ3n) is 2.90. The molecule has 1 heterocycles. The number of hydrogen-bond acceptors (Lipinski definition) is 4. The van der Waals surface area contributed by atoms with Gasteiger partial charge in [-0.3, -0.25) is 9.69 Å². The fraction of sp³-hybridized carbons (Fsp3) is 0.818. The number of ether oxygens (including phenoxy) is 2. The van der Waals surface area contributed by atoms with Gasteiger partial charge in [0.25, 0.3) is 6.47 Å². The Morgan fingerprint density at radius 3 is 2.69 bits per heavy atom. The van der Waals surface area contributed by atoms with E-state index in [1.165, 1.54) is 4.90 Å². The van der Waals surface area contributed by atoms with Crippen LogP contribution in [0.3, 0.4) is 0 Å². The van der Waals surface area contributed by atoms with Gasteiger partial charge in [-0.25, -0.2) is 4.79 Å². The summed E-state index contributed by atoms with van der Waals surface area (Å²) in [5.41, 5.74) is -0.518. The molecule has 16 heavy (non-hydrogen) atoms. The lowest BCUT2D eigenvalue weighted by Crippen LogP contribution is -2.43. The van der Waals surface area contributed by atoms with E-state index in [0.29, 0.717) is 24.9 Å². The minimum Gasteiger partial charge on any atom is -0.444 e. The summed E-state index contributed by atoms with van der Waals surface area (Å²) in [7, 11) is 0. The Bertz CT molecular complexity index is 310. The Morgan fingerprint density at radius 2 is 2.12 bits per heavy atom. The lowest BCUT2D eigenvalue weighted by molar-refractivity contribution is -0.141. The maximum atomic E-state index is 11.8. The molecule has 0 aromatic carbocycles. The van der Waals surface area contributed by atoms with Crippen LogP contribution in [0.15, 0.2) is 0 Å². The average molecular weight is 227 g/mol. The van der Waals surface area contributed by atoms with Crippen molar-refractivity contribution in [1.82, 2.24) is 4.90 Å². The molecule has 0 unspecified atom stereocenters. The molecule has 0 bridgehead atoms. The van der Waals surface area contributed by atoms with Crippen LogP contribution in [0.1, 0.15) is 27.2 Å². The molecule has 1 aliphatic carbocycles. The van der Waals surface area contributed by atoms with Gasteiger partial charge in [0.1, 0.15) is 5.60 Å². The lowest BCUT2D eigenvalue weighted by atomic mass is 10.2. The van der Waals surface area contributed by atoms with E-state index in [-0.39, 0.29) is 0 Å². The summed E-state index contributed by atoms with van der Waals surface area (Å²) < 4.78 is 10.2. The molecule has 0 aromatic rings. The molecule has 3 atom stereocenters. The largest absolute Gasteiger partial charge is 0.444 e. The SMILES string of the molecule is CC(C)(C)OC(=O)N1C[C@@H]2C[C@@H]2[C@@H]1OC=O. The zero-order valence-corrected chi connectivity index (χ0v) is 9.80. The Kier molecular flexibility index (Phi) is 2.56. The Labute approximate surface area is 94.7 Å². The molecule has 1 saturated heterocycles.